The van der Waals surface area contributed by atoms with Crippen LogP contribution in [0.15, 0.2) is 59.8 Å². The van der Waals surface area contributed by atoms with Crippen LogP contribution < -0.4 is 18.5 Å². The molecule has 1 aromatic heterocycles. The van der Waals surface area contributed by atoms with Crippen molar-refractivity contribution in [2.45, 2.75) is 36.4 Å². The maximum Gasteiger partial charge on any atom is 0.288 e. The van der Waals surface area contributed by atoms with Crippen LogP contribution in [0.1, 0.15) is 36.5 Å². The van der Waals surface area contributed by atoms with Crippen molar-refractivity contribution in [3.8, 4) is 23.3 Å². The van der Waals surface area contributed by atoms with Gasteiger partial charge in [0.1, 0.15) is 17.2 Å². The second-order valence-electron chi connectivity index (χ2n) is 13.2. The van der Waals surface area contributed by atoms with Crippen LogP contribution in [-0.2, 0) is 20.4 Å². The van der Waals surface area contributed by atoms with Gasteiger partial charge in [-0.2, -0.15) is 18.0 Å². The third kappa shape index (κ3) is 4.92. The van der Waals surface area contributed by atoms with Gasteiger partial charge in [0.2, 0.25) is 0 Å². The fraction of sp³-hybridized carbons (Fsp3) is 0.457. The number of carbonyl (C=O) groups is 1. The van der Waals surface area contributed by atoms with Crippen LogP contribution >= 0.6 is 0 Å². The topological polar surface area (TPSA) is 129 Å². The summed E-state index contributed by atoms with van der Waals surface area (Å²) in [5.41, 5.74) is -0.263. The lowest BCUT2D eigenvalue weighted by Gasteiger charge is -2.64. The molecule has 4 heterocycles. The van der Waals surface area contributed by atoms with E-state index in [1.807, 2.05) is 6.92 Å². The monoisotopic (exact) mass is 672 g/mol. The summed E-state index contributed by atoms with van der Waals surface area (Å²) < 4.78 is 46.7. The first-order chi connectivity index (χ1) is 23.1. The van der Waals surface area contributed by atoms with Crippen molar-refractivity contribution in [1.82, 2.24) is 19.7 Å². The summed E-state index contributed by atoms with van der Waals surface area (Å²) in [4.78, 5) is 26.5. The Bertz CT molecular complexity index is 1870. The maximum absolute atomic E-state index is 15.3. The number of carbonyl (C=O) groups excluding carboxylic acids is 1. The molecule has 1 aliphatic carbocycles. The first-order valence-corrected chi connectivity index (χ1v) is 17.7. The minimum atomic E-state index is -4.51. The van der Waals surface area contributed by atoms with E-state index in [9.17, 15) is 13.7 Å². The average molecular weight is 673 g/mol. The molecule has 7 rings (SSSR count). The van der Waals surface area contributed by atoms with E-state index < -0.39 is 21.5 Å². The Balaban J connectivity index is 1.36. The van der Waals surface area contributed by atoms with Gasteiger partial charge in [-0.3, -0.25) is 14.6 Å². The molecular formula is C35H40N6O6S. The largest absolute Gasteiger partial charge is 0.497 e. The van der Waals surface area contributed by atoms with E-state index in [-0.39, 0.29) is 16.1 Å². The highest BCUT2D eigenvalue weighted by molar-refractivity contribution is 7.93. The molecule has 48 heavy (non-hydrogen) atoms. The number of ether oxygens (including phenoxy) is 3. The molecule has 3 fully saturated rings. The molecular weight excluding hydrogens is 632 g/mol. The zero-order valence-corrected chi connectivity index (χ0v) is 28.5. The second kappa shape index (κ2) is 12.0. The molecule has 0 N–H and O–H groups in total. The molecule has 1 unspecified atom stereocenters. The van der Waals surface area contributed by atoms with Gasteiger partial charge in [-0.05, 0) is 80.8 Å². The van der Waals surface area contributed by atoms with Gasteiger partial charge in [-0.15, -0.1) is 0 Å². The average Bonchev–Trinajstić information content (AvgIpc) is 3.32. The van der Waals surface area contributed by atoms with Crippen molar-refractivity contribution in [3.63, 3.8) is 0 Å². The Morgan fingerprint density at radius 3 is 2.29 bits per heavy atom. The van der Waals surface area contributed by atoms with E-state index in [2.05, 4.69) is 32.8 Å². The predicted molar refractivity (Wildman–Crippen MR) is 178 cm³/mol. The molecule has 0 radical (unpaired) electrons. The number of benzene rings is 2. The summed E-state index contributed by atoms with van der Waals surface area (Å²) in [6, 6.07) is 15.5. The molecule has 12 nitrogen and oxygen atoms in total. The number of rotatable bonds is 9. The predicted octanol–water partition coefficient (Wildman–Crippen LogP) is 3.06. The van der Waals surface area contributed by atoms with E-state index in [1.165, 1.54) is 37.6 Å². The Kier molecular flexibility index (Phi) is 8.10. The summed E-state index contributed by atoms with van der Waals surface area (Å²) in [6.45, 7) is 7.53. The van der Waals surface area contributed by atoms with Gasteiger partial charge in [0.05, 0.1) is 44.3 Å². The summed E-state index contributed by atoms with van der Waals surface area (Å²) in [5.74, 6) is 0.635. The molecule has 1 atom stereocenters. The number of hydrogen-bond acceptors (Lipinski definition) is 11. The van der Waals surface area contributed by atoms with E-state index in [1.54, 1.807) is 31.4 Å². The number of nitriles is 1. The van der Waals surface area contributed by atoms with Crippen LogP contribution in [0.2, 0.25) is 0 Å². The van der Waals surface area contributed by atoms with E-state index >= 15 is 4.79 Å². The second-order valence-corrected chi connectivity index (χ2v) is 15.0. The number of anilines is 1. The van der Waals surface area contributed by atoms with Crippen LogP contribution in [0.3, 0.4) is 0 Å². The number of likely N-dealkylation sites (N-methyl/N-ethyl adjacent to an activating group) is 1. The van der Waals surface area contributed by atoms with Gasteiger partial charge < -0.3 is 19.1 Å². The third-order valence-corrected chi connectivity index (χ3v) is 12.1. The lowest BCUT2D eigenvalue weighted by atomic mass is 9.58. The van der Waals surface area contributed by atoms with Crippen LogP contribution in [0.4, 0.5) is 5.69 Å². The Morgan fingerprint density at radius 1 is 0.958 bits per heavy atom. The number of likely N-dealkylation sites (tertiary alicyclic amines) is 1. The quantitative estimate of drug-likeness (QED) is 0.333. The van der Waals surface area contributed by atoms with E-state index in [0.29, 0.717) is 59.7 Å². The molecule has 3 aromatic rings. The van der Waals surface area contributed by atoms with E-state index in [4.69, 9.17) is 14.2 Å². The molecule has 2 aromatic carbocycles. The zero-order chi connectivity index (χ0) is 33.8. The molecule has 13 heteroatoms. The minimum absolute atomic E-state index is 0.00275. The number of methoxy groups -OCH3 is 2. The van der Waals surface area contributed by atoms with Gasteiger partial charge >= 0.3 is 0 Å². The van der Waals surface area contributed by atoms with Crippen molar-refractivity contribution >= 4 is 21.6 Å². The number of nitrogens with zero attached hydrogens (tertiary/aromatic N) is 6. The van der Waals surface area contributed by atoms with Gasteiger partial charge in [0, 0.05) is 56.4 Å². The smallest absolute Gasteiger partial charge is 0.288 e. The summed E-state index contributed by atoms with van der Waals surface area (Å²) in [6.07, 6.45) is 3.33. The molecule has 0 bridgehead atoms. The van der Waals surface area contributed by atoms with Crippen LogP contribution in [0.25, 0.3) is 0 Å². The Morgan fingerprint density at radius 2 is 1.67 bits per heavy atom. The first kappa shape index (κ1) is 32.3. The maximum atomic E-state index is 15.3. The number of sulfonamides is 1. The van der Waals surface area contributed by atoms with Crippen molar-refractivity contribution in [2.24, 2.45) is 5.41 Å². The number of aromatic nitrogens is 1. The summed E-state index contributed by atoms with van der Waals surface area (Å²) in [7, 11) is 0.654. The molecule has 3 aliphatic heterocycles. The van der Waals surface area contributed by atoms with Crippen molar-refractivity contribution in [1.29, 1.82) is 5.26 Å². The fourth-order valence-electron chi connectivity index (χ4n) is 8.00. The minimum Gasteiger partial charge on any atom is -0.497 e. The number of fused-ring (bicyclic) bond motifs is 1. The van der Waals surface area contributed by atoms with Gasteiger partial charge in [-0.1, -0.05) is 0 Å². The summed E-state index contributed by atoms with van der Waals surface area (Å²) >= 11 is 0. The van der Waals surface area contributed by atoms with Gasteiger partial charge in [0.25, 0.3) is 15.9 Å². The zero-order valence-electron chi connectivity index (χ0n) is 27.7. The SMILES string of the molecule is CCOc1ccc(OC)cc1C1(N2CC3(CC(N4CCN(C)CC4)C3)C2)C(=O)N(S(=O)(=O)c2ccc(OC)cn2)c2ccc(C#N)cc21. The normalized spacial score (nSPS) is 22.9. The number of hydrogen-bond donors (Lipinski definition) is 0. The molecule has 4 aliphatic rings. The van der Waals surface area contributed by atoms with Crippen LogP contribution in [0.5, 0.6) is 17.2 Å². The van der Waals surface area contributed by atoms with Gasteiger partial charge in [0.15, 0.2) is 10.6 Å². The van der Waals surface area contributed by atoms with Crippen molar-refractivity contribution < 1.29 is 27.4 Å². The fourth-order valence-corrected chi connectivity index (χ4v) is 9.38. The lowest BCUT2D eigenvalue weighted by Crippen LogP contribution is -2.73. The standard InChI is InChI=1S/C35H40N6O6S/c1-5-47-31-10-7-26(45-3)17-29(31)35(40-22-34(23-40)18-25(19-34)39-14-12-38(2)13-15-39)28-16-24(20-36)6-9-30(28)41(33(35)42)48(43,44)32-11-8-27(46-4)21-37-32/h6-11,16-17,21,25H,5,12-15,18-19,22-23H2,1-4H3. The van der Waals surface area contributed by atoms with Gasteiger partial charge in [-0.25, -0.2) is 4.98 Å². The highest BCUT2D eigenvalue weighted by Crippen LogP contribution is 2.60. The molecule has 252 valence electrons. The Labute approximate surface area is 281 Å². The van der Waals surface area contributed by atoms with Crippen molar-refractivity contribution in [3.05, 3.63) is 71.4 Å². The first-order valence-electron chi connectivity index (χ1n) is 16.2. The summed E-state index contributed by atoms with van der Waals surface area (Å²) in [5, 5.41) is 9.71. The molecule has 2 saturated heterocycles. The highest BCUT2D eigenvalue weighted by Gasteiger charge is 2.67. The third-order valence-electron chi connectivity index (χ3n) is 10.5. The molecule has 1 amide bonds. The van der Waals surface area contributed by atoms with Crippen molar-refractivity contribution in [2.75, 3.05) is 71.4 Å². The van der Waals surface area contributed by atoms with Crippen LogP contribution in [0, 0.1) is 16.7 Å². The number of amides is 1. The lowest BCUT2D eigenvalue weighted by molar-refractivity contribution is -0.159. The molecule has 1 saturated carbocycles. The Hall–Kier alpha value is -4.22. The van der Waals surface area contributed by atoms with E-state index in [0.717, 1.165) is 43.3 Å². The molecule has 1 spiro atoms. The van der Waals surface area contributed by atoms with Crippen LogP contribution in [-0.4, -0.2) is 107 Å². The number of piperazine rings is 1. The highest BCUT2D eigenvalue weighted by atomic mass is 32.2. The number of pyridine rings is 1.